The van der Waals surface area contributed by atoms with Gasteiger partial charge in [-0.05, 0) is 41.3 Å². The van der Waals surface area contributed by atoms with Crippen molar-refractivity contribution in [1.29, 1.82) is 0 Å². The molecule has 3 rings (SSSR count). The SMILES string of the molecule is CCCC(C=C(c1ccccc1)c1ccccc1)O/C=C/S(=O)(=O)c1ccccc1. The summed E-state index contributed by atoms with van der Waals surface area (Å²) < 4.78 is 30.8. The minimum Gasteiger partial charge on any atom is -0.493 e. The van der Waals surface area contributed by atoms with E-state index in [0.29, 0.717) is 0 Å². The van der Waals surface area contributed by atoms with Gasteiger partial charge in [0.05, 0.1) is 16.6 Å². The average Bonchev–Trinajstić information content (AvgIpc) is 2.79. The summed E-state index contributed by atoms with van der Waals surface area (Å²) in [5, 5.41) is 1.13. The zero-order valence-electron chi connectivity index (χ0n) is 17.0. The van der Waals surface area contributed by atoms with Crippen LogP contribution in [0.3, 0.4) is 0 Å². The Hall–Kier alpha value is -3.11. The lowest BCUT2D eigenvalue weighted by atomic mass is 9.95. The molecule has 154 valence electrons. The highest BCUT2D eigenvalue weighted by Gasteiger charge is 2.12. The van der Waals surface area contributed by atoms with E-state index in [1.165, 1.54) is 6.26 Å². The van der Waals surface area contributed by atoms with Gasteiger partial charge in [-0.25, -0.2) is 8.42 Å². The summed E-state index contributed by atoms with van der Waals surface area (Å²) in [5.41, 5.74) is 3.25. The number of sulfone groups is 1. The van der Waals surface area contributed by atoms with Crippen molar-refractivity contribution < 1.29 is 13.2 Å². The van der Waals surface area contributed by atoms with Gasteiger partial charge in [-0.15, -0.1) is 0 Å². The van der Waals surface area contributed by atoms with Crippen LogP contribution >= 0.6 is 0 Å². The van der Waals surface area contributed by atoms with Crippen molar-refractivity contribution in [2.45, 2.75) is 30.8 Å². The summed E-state index contributed by atoms with van der Waals surface area (Å²) in [6, 6.07) is 28.6. The molecule has 0 N–H and O–H groups in total. The monoisotopic (exact) mass is 418 g/mol. The second kappa shape index (κ2) is 10.6. The molecular weight excluding hydrogens is 392 g/mol. The first-order valence-electron chi connectivity index (χ1n) is 10.0. The fourth-order valence-electron chi connectivity index (χ4n) is 3.15. The predicted molar refractivity (Wildman–Crippen MR) is 123 cm³/mol. The van der Waals surface area contributed by atoms with Crippen LogP contribution in [0.4, 0.5) is 0 Å². The zero-order valence-corrected chi connectivity index (χ0v) is 17.8. The van der Waals surface area contributed by atoms with Gasteiger partial charge in [0.2, 0.25) is 9.84 Å². The topological polar surface area (TPSA) is 43.4 Å². The molecule has 0 radical (unpaired) electrons. The molecule has 0 saturated heterocycles. The van der Waals surface area contributed by atoms with E-state index in [4.69, 9.17) is 4.74 Å². The Kier molecular flexibility index (Phi) is 7.63. The molecule has 3 nitrogen and oxygen atoms in total. The minimum absolute atomic E-state index is 0.243. The number of hydrogen-bond donors (Lipinski definition) is 0. The second-order valence-corrected chi connectivity index (χ2v) is 8.74. The van der Waals surface area contributed by atoms with Gasteiger partial charge < -0.3 is 4.74 Å². The molecule has 0 aromatic heterocycles. The van der Waals surface area contributed by atoms with Crippen molar-refractivity contribution in [3.8, 4) is 0 Å². The Labute approximate surface area is 179 Å². The van der Waals surface area contributed by atoms with Crippen LogP contribution in [-0.4, -0.2) is 14.5 Å². The molecule has 0 aliphatic heterocycles. The lowest BCUT2D eigenvalue weighted by molar-refractivity contribution is 0.178. The maximum Gasteiger partial charge on any atom is 0.202 e. The number of rotatable bonds is 9. The molecule has 4 heteroatoms. The van der Waals surface area contributed by atoms with Crippen molar-refractivity contribution in [1.82, 2.24) is 0 Å². The third-order valence-electron chi connectivity index (χ3n) is 4.66. The molecule has 0 heterocycles. The fourth-order valence-corrected chi connectivity index (χ4v) is 4.05. The first-order valence-corrected chi connectivity index (χ1v) is 11.6. The molecule has 0 amide bonds. The van der Waals surface area contributed by atoms with Gasteiger partial charge in [0.1, 0.15) is 6.10 Å². The molecule has 30 heavy (non-hydrogen) atoms. The van der Waals surface area contributed by atoms with Gasteiger partial charge in [-0.3, -0.25) is 0 Å². The molecule has 0 aliphatic carbocycles. The Bertz CT molecular complexity index is 1030. The Morgan fingerprint density at radius 1 is 0.833 bits per heavy atom. The zero-order chi connectivity index (χ0) is 21.2. The van der Waals surface area contributed by atoms with Crippen LogP contribution in [0.2, 0.25) is 0 Å². The van der Waals surface area contributed by atoms with E-state index < -0.39 is 9.84 Å². The van der Waals surface area contributed by atoms with Gasteiger partial charge in [-0.2, -0.15) is 0 Å². The van der Waals surface area contributed by atoms with Crippen LogP contribution in [-0.2, 0) is 14.6 Å². The van der Waals surface area contributed by atoms with E-state index in [-0.39, 0.29) is 11.0 Å². The summed E-state index contributed by atoms with van der Waals surface area (Å²) in [6.07, 6.45) is 4.82. The normalized spacial score (nSPS) is 12.4. The molecule has 0 fully saturated rings. The van der Waals surface area contributed by atoms with Gasteiger partial charge in [0, 0.05) is 0 Å². The first kappa shape index (κ1) is 21.6. The smallest absolute Gasteiger partial charge is 0.202 e. The van der Waals surface area contributed by atoms with Crippen molar-refractivity contribution in [2.75, 3.05) is 0 Å². The van der Waals surface area contributed by atoms with E-state index in [9.17, 15) is 8.42 Å². The summed E-state index contributed by atoms with van der Waals surface area (Å²) in [6.45, 7) is 2.08. The van der Waals surface area contributed by atoms with Crippen molar-refractivity contribution in [2.24, 2.45) is 0 Å². The van der Waals surface area contributed by atoms with E-state index in [1.807, 2.05) is 36.4 Å². The lowest BCUT2D eigenvalue weighted by Gasteiger charge is -2.16. The second-order valence-electron chi connectivity index (χ2n) is 6.91. The van der Waals surface area contributed by atoms with Crippen LogP contribution in [0.1, 0.15) is 30.9 Å². The summed E-state index contributed by atoms with van der Waals surface area (Å²) in [5.74, 6) is 0. The Morgan fingerprint density at radius 2 is 1.33 bits per heavy atom. The molecule has 0 saturated carbocycles. The van der Waals surface area contributed by atoms with E-state index >= 15 is 0 Å². The molecule has 1 unspecified atom stereocenters. The van der Waals surface area contributed by atoms with Crippen LogP contribution in [0.25, 0.3) is 5.57 Å². The van der Waals surface area contributed by atoms with Crippen LogP contribution in [0.5, 0.6) is 0 Å². The van der Waals surface area contributed by atoms with E-state index in [1.54, 1.807) is 30.3 Å². The van der Waals surface area contributed by atoms with Crippen molar-refractivity contribution >= 4 is 15.4 Å². The molecule has 0 spiro atoms. The summed E-state index contributed by atoms with van der Waals surface area (Å²) in [7, 11) is -3.53. The van der Waals surface area contributed by atoms with Gasteiger partial charge in [0.25, 0.3) is 0 Å². The number of hydrogen-bond acceptors (Lipinski definition) is 3. The molecule has 1 atom stereocenters. The van der Waals surface area contributed by atoms with Crippen LogP contribution < -0.4 is 0 Å². The van der Waals surface area contributed by atoms with Gasteiger partial charge in [0.15, 0.2) is 0 Å². The number of ether oxygens (including phenoxy) is 1. The van der Waals surface area contributed by atoms with Crippen molar-refractivity contribution in [3.05, 3.63) is 120 Å². The maximum atomic E-state index is 12.5. The third kappa shape index (κ3) is 5.94. The minimum atomic E-state index is -3.53. The molecule has 3 aromatic rings. The molecule has 3 aromatic carbocycles. The highest BCUT2D eigenvalue weighted by Crippen LogP contribution is 2.25. The van der Waals surface area contributed by atoms with E-state index in [2.05, 4.69) is 37.3 Å². The van der Waals surface area contributed by atoms with Gasteiger partial charge in [-0.1, -0.05) is 92.2 Å². The van der Waals surface area contributed by atoms with E-state index in [0.717, 1.165) is 34.9 Å². The number of benzene rings is 3. The average molecular weight is 419 g/mol. The predicted octanol–water partition coefficient (Wildman–Crippen LogP) is 6.25. The summed E-state index contributed by atoms with van der Waals surface area (Å²) in [4.78, 5) is 0.252. The molecular formula is C26H26O3S. The highest BCUT2D eigenvalue weighted by atomic mass is 32.2. The summed E-state index contributed by atoms with van der Waals surface area (Å²) >= 11 is 0. The highest BCUT2D eigenvalue weighted by molar-refractivity contribution is 7.94. The first-order chi connectivity index (χ1) is 14.6. The van der Waals surface area contributed by atoms with Gasteiger partial charge >= 0.3 is 0 Å². The molecule has 0 aliphatic rings. The van der Waals surface area contributed by atoms with Crippen molar-refractivity contribution in [3.63, 3.8) is 0 Å². The largest absolute Gasteiger partial charge is 0.493 e. The Morgan fingerprint density at radius 3 is 1.83 bits per heavy atom. The standard InChI is InChI=1S/C26H26O3S/c1-2-12-24(29-19-20-30(27,28)25-17-10-5-11-18-25)21-26(22-13-6-3-7-14-22)23-15-8-4-9-16-23/h3-11,13-21,24H,2,12H2,1H3/b20-19+. The van der Waals surface area contributed by atoms with Crippen LogP contribution in [0.15, 0.2) is 114 Å². The third-order valence-corrected chi connectivity index (χ3v) is 6.05. The fraction of sp³-hybridized carbons (Fsp3) is 0.154. The van der Waals surface area contributed by atoms with Crippen LogP contribution in [0, 0.1) is 0 Å². The Balaban J connectivity index is 1.87. The quantitative estimate of drug-likeness (QED) is 0.386. The maximum absolute atomic E-state index is 12.5. The molecule has 0 bridgehead atoms. The lowest BCUT2D eigenvalue weighted by Crippen LogP contribution is -2.08.